The van der Waals surface area contributed by atoms with Crippen LogP contribution >= 0.6 is 12.4 Å². The molecule has 1 unspecified atom stereocenters. The van der Waals surface area contributed by atoms with E-state index in [1.54, 1.807) is 0 Å². The first-order valence-corrected chi connectivity index (χ1v) is 4.56. The molecule has 1 atom stereocenters. The molecular weight excluding hydrogens is 188 g/mol. The maximum absolute atomic E-state index is 11.1. The summed E-state index contributed by atoms with van der Waals surface area (Å²) in [4.78, 5) is 11.1. The van der Waals surface area contributed by atoms with E-state index in [9.17, 15) is 4.79 Å². The Morgan fingerprint density at radius 2 is 2.23 bits per heavy atom. The Kier molecular flexibility index (Phi) is 4.71. The summed E-state index contributed by atoms with van der Waals surface area (Å²) in [5.41, 5.74) is 5.67. The predicted molar refractivity (Wildman–Crippen MR) is 55.9 cm³/mol. The molecule has 1 rings (SSSR count). The van der Waals surface area contributed by atoms with Crippen LogP contribution < -0.4 is 11.1 Å². The minimum Gasteiger partial charge on any atom is -0.353 e. The van der Waals surface area contributed by atoms with E-state index in [0.717, 1.165) is 12.8 Å². The zero-order valence-corrected chi connectivity index (χ0v) is 9.12. The molecule has 1 fully saturated rings. The van der Waals surface area contributed by atoms with E-state index in [0.29, 0.717) is 13.0 Å². The largest absolute Gasteiger partial charge is 0.353 e. The number of rotatable bonds is 2. The fraction of sp³-hybridized carbons (Fsp3) is 0.889. The number of hydrogen-bond acceptors (Lipinski definition) is 2. The zero-order chi connectivity index (χ0) is 9.19. The standard InChI is InChI=1S/C9H18N2O.ClH/c1-9(2,6-10)7-4-3-5-8(12)11-7;/h7H,3-6,10H2,1-2H3,(H,11,12);1H. The summed E-state index contributed by atoms with van der Waals surface area (Å²) in [6.45, 7) is 4.82. The van der Waals surface area contributed by atoms with Gasteiger partial charge < -0.3 is 11.1 Å². The number of piperidine rings is 1. The molecule has 1 saturated heterocycles. The van der Waals surface area contributed by atoms with Crippen LogP contribution in [0.2, 0.25) is 0 Å². The van der Waals surface area contributed by atoms with Crippen molar-refractivity contribution < 1.29 is 4.79 Å². The Morgan fingerprint density at radius 1 is 1.62 bits per heavy atom. The van der Waals surface area contributed by atoms with Crippen molar-refractivity contribution in [2.75, 3.05) is 6.54 Å². The molecule has 4 heteroatoms. The Hall–Kier alpha value is -0.280. The van der Waals surface area contributed by atoms with Crippen molar-refractivity contribution in [3.8, 4) is 0 Å². The van der Waals surface area contributed by atoms with Crippen LogP contribution in [-0.2, 0) is 4.79 Å². The van der Waals surface area contributed by atoms with Crippen LogP contribution in [0.5, 0.6) is 0 Å². The third-order valence-electron chi connectivity index (χ3n) is 2.70. The third-order valence-corrected chi connectivity index (χ3v) is 2.70. The van der Waals surface area contributed by atoms with Crippen molar-refractivity contribution in [3.63, 3.8) is 0 Å². The van der Waals surface area contributed by atoms with Gasteiger partial charge in [-0.05, 0) is 24.8 Å². The second-order valence-corrected chi connectivity index (χ2v) is 4.21. The van der Waals surface area contributed by atoms with E-state index in [-0.39, 0.29) is 29.8 Å². The molecule has 13 heavy (non-hydrogen) atoms. The Morgan fingerprint density at radius 3 is 2.69 bits per heavy atom. The summed E-state index contributed by atoms with van der Waals surface area (Å²) >= 11 is 0. The lowest BCUT2D eigenvalue weighted by atomic mass is 9.80. The highest BCUT2D eigenvalue weighted by Crippen LogP contribution is 2.25. The Bertz CT molecular complexity index is 182. The SMILES string of the molecule is CC(C)(CN)C1CCCC(=O)N1.Cl. The monoisotopic (exact) mass is 206 g/mol. The molecule has 0 aromatic heterocycles. The second kappa shape index (κ2) is 4.82. The van der Waals surface area contributed by atoms with Gasteiger partial charge in [0.15, 0.2) is 0 Å². The van der Waals surface area contributed by atoms with Crippen LogP contribution in [0.25, 0.3) is 0 Å². The highest BCUT2D eigenvalue weighted by molar-refractivity contribution is 5.85. The van der Waals surface area contributed by atoms with E-state index in [1.807, 2.05) is 0 Å². The van der Waals surface area contributed by atoms with Gasteiger partial charge in [-0.15, -0.1) is 12.4 Å². The van der Waals surface area contributed by atoms with E-state index >= 15 is 0 Å². The molecule has 1 aliphatic rings. The summed E-state index contributed by atoms with van der Waals surface area (Å²) in [5, 5.41) is 2.99. The lowest BCUT2D eigenvalue weighted by Gasteiger charge is -2.36. The van der Waals surface area contributed by atoms with E-state index in [1.165, 1.54) is 0 Å². The molecule has 0 radical (unpaired) electrons. The summed E-state index contributed by atoms with van der Waals surface area (Å²) in [5.74, 6) is 0.174. The van der Waals surface area contributed by atoms with Gasteiger partial charge in [-0.3, -0.25) is 4.79 Å². The summed E-state index contributed by atoms with van der Waals surface area (Å²) < 4.78 is 0. The van der Waals surface area contributed by atoms with Crippen molar-refractivity contribution in [2.45, 2.75) is 39.2 Å². The van der Waals surface area contributed by atoms with Gasteiger partial charge in [0.2, 0.25) is 5.91 Å². The Balaban J connectivity index is 0.00000144. The molecule has 0 bridgehead atoms. The fourth-order valence-corrected chi connectivity index (χ4v) is 1.53. The number of amides is 1. The molecule has 0 spiro atoms. The molecule has 0 saturated carbocycles. The Labute approximate surface area is 85.9 Å². The van der Waals surface area contributed by atoms with Gasteiger partial charge in [0.25, 0.3) is 0 Å². The normalized spacial score (nSPS) is 23.3. The van der Waals surface area contributed by atoms with Gasteiger partial charge in [-0.25, -0.2) is 0 Å². The van der Waals surface area contributed by atoms with Gasteiger partial charge in [0.05, 0.1) is 0 Å². The third kappa shape index (κ3) is 3.16. The predicted octanol–water partition coefficient (Wildman–Crippen LogP) is 1.06. The summed E-state index contributed by atoms with van der Waals surface area (Å²) in [7, 11) is 0. The van der Waals surface area contributed by atoms with Crippen LogP contribution in [0, 0.1) is 5.41 Å². The highest BCUT2D eigenvalue weighted by Gasteiger charge is 2.31. The number of nitrogens with two attached hydrogens (primary N) is 1. The number of halogens is 1. The molecule has 1 amide bonds. The minimum absolute atomic E-state index is 0. The van der Waals surface area contributed by atoms with Gasteiger partial charge in [-0.2, -0.15) is 0 Å². The van der Waals surface area contributed by atoms with Crippen molar-refractivity contribution >= 4 is 18.3 Å². The number of hydrogen-bond donors (Lipinski definition) is 2. The first-order chi connectivity index (χ1) is 5.56. The average molecular weight is 207 g/mol. The van der Waals surface area contributed by atoms with E-state index < -0.39 is 0 Å². The lowest BCUT2D eigenvalue weighted by molar-refractivity contribution is -0.124. The molecule has 78 valence electrons. The van der Waals surface area contributed by atoms with Crippen molar-refractivity contribution in [1.82, 2.24) is 5.32 Å². The quantitative estimate of drug-likeness (QED) is 0.710. The molecule has 3 nitrogen and oxygen atoms in total. The number of carbonyl (C=O) groups is 1. The molecule has 0 aromatic carbocycles. The van der Waals surface area contributed by atoms with Crippen LogP contribution in [0.15, 0.2) is 0 Å². The minimum atomic E-state index is 0. The number of nitrogens with one attached hydrogen (secondary N) is 1. The topological polar surface area (TPSA) is 55.1 Å². The second-order valence-electron chi connectivity index (χ2n) is 4.21. The maximum Gasteiger partial charge on any atom is 0.220 e. The lowest BCUT2D eigenvalue weighted by Crippen LogP contribution is -2.50. The van der Waals surface area contributed by atoms with Crippen LogP contribution in [-0.4, -0.2) is 18.5 Å². The molecular formula is C9H19ClN2O. The first kappa shape index (κ1) is 12.7. The van der Waals surface area contributed by atoms with E-state index in [4.69, 9.17) is 5.73 Å². The molecule has 0 aromatic rings. The summed E-state index contributed by atoms with van der Waals surface area (Å²) in [6.07, 6.45) is 2.74. The van der Waals surface area contributed by atoms with Crippen molar-refractivity contribution in [2.24, 2.45) is 11.1 Å². The van der Waals surface area contributed by atoms with E-state index in [2.05, 4.69) is 19.2 Å². The average Bonchev–Trinajstić information content (AvgIpc) is 2.05. The molecule has 1 heterocycles. The van der Waals surface area contributed by atoms with Gasteiger partial charge in [0, 0.05) is 12.5 Å². The van der Waals surface area contributed by atoms with Crippen molar-refractivity contribution in [3.05, 3.63) is 0 Å². The van der Waals surface area contributed by atoms with Crippen LogP contribution in [0.3, 0.4) is 0 Å². The molecule has 3 N–H and O–H groups in total. The highest BCUT2D eigenvalue weighted by atomic mass is 35.5. The van der Waals surface area contributed by atoms with Gasteiger partial charge in [0.1, 0.15) is 0 Å². The maximum atomic E-state index is 11.1. The molecule has 0 aliphatic carbocycles. The number of carbonyl (C=O) groups excluding carboxylic acids is 1. The summed E-state index contributed by atoms with van der Waals surface area (Å²) in [6, 6.07) is 0.267. The van der Waals surface area contributed by atoms with Crippen LogP contribution in [0.1, 0.15) is 33.1 Å². The first-order valence-electron chi connectivity index (χ1n) is 4.56. The fourth-order valence-electron chi connectivity index (χ4n) is 1.53. The van der Waals surface area contributed by atoms with Gasteiger partial charge >= 0.3 is 0 Å². The van der Waals surface area contributed by atoms with Gasteiger partial charge in [-0.1, -0.05) is 13.8 Å². The zero-order valence-electron chi connectivity index (χ0n) is 8.30. The van der Waals surface area contributed by atoms with Crippen molar-refractivity contribution in [1.29, 1.82) is 0 Å². The molecule has 1 aliphatic heterocycles. The smallest absolute Gasteiger partial charge is 0.220 e. The van der Waals surface area contributed by atoms with Crippen LogP contribution in [0.4, 0.5) is 0 Å².